The fraction of sp³-hybridized carbons (Fsp3) is 0.652. The monoisotopic (exact) mass is 398 g/mol. The second-order valence-electron chi connectivity index (χ2n) is 9.81. The third-order valence-electron chi connectivity index (χ3n) is 6.90. The van der Waals surface area contributed by atoms with Gasteiger partial charge in [-0.2, -0.15) is 0 Å². The molecular formula is C23H34N4O2. The van der Waals surface area contributed by atoms with Gasteiger partial charge < -0.3 is 9.80 Å². The summed E-state index contributed by atoms with van der Waals surface area (Å²) in [5, 5.41) is 0. The molecule has 3 fully saturated rings. The molecule has 6 nitrogen and oxygen atoms in total. The summed E-state index contributed by atoms with van der Waals surface area (Å²) < 4.78 is 0. The Morgan fingerprint density at radius 1 is 1.10 bits per heavy atom. The first-order valence-electron chi connectivity index (χ1n) is 11.0. The highest BCUT2D eigenvalue weighted by Crippen LogP contribution is 2.33. The maximum atomic E-state index is 13.1. The van der Waals surface area contributed by atoms with E-state index < -0.39 is 0 Å². The van der Waals surface area contributed by atoms with Crippen molar-refractivity contribution >= 4 is 11.8 Å². The maximum absolute atomic E-state index is 13.1. The van der Waals surface area contributed by atoms with Crippen molar-refractivity contribution in [1.82, 2.24) is 20.7 Å². The zero-order valence-electron chi connectivity index (χ0n) is 17.9. The third-order valence-corrected chi connectivity index (χ3v) is 6.90. The molecule has 0 aromatic heterocycles. The fourth-order valence-electron chi connectivity index (χ4n) is 5.24. The highest BCUT2D eigenvalue weighted by atomic mass is 16.2. The van der Waals surface area contributed by atoms with Crippen LogP contribution < -0.4 is 10.9 Å². The number of hydrazine groups is 1. The lowest BCUT2D eigenvalue weighted by molar-refractivity contribution is -0.137. The van der Waals surface area contributed by atoms with Crippen molar-refractivity contribution in [2.75, 3.05) is 26.2 Å². The van der Waals surface area contributed by atoms with Crippen molar-refractivity contribution in [2.24, 2.45) is 11.8 Å². The molecule has 2 N–H and O–H groups in total. The predicted octanol–water partition coefficient (Wildman–Crippen LogP) is 2.13. The number of nitrogens with zero attached hydrogens (tertiary/aromatic N) is 2. The molecule has 0 spiro atoms. The average molecular weight is 399 g/mol. The Labute approximate surface area is 174 Å². The van der Waals surface area contributed by atoms with E-state index >= 15 is 0 Å². The first kappa shape index (κ1) is 20.4. The molecule has 0 saturated carbocycles. The second-order valence-corrected chi connectivity index (χ2v) is 9.81. The Kier molecular flexibility index (Phi) is 5.67. The van der Waals surface area contributed by atoms with Crippen molar-refractivity contribution in [3.63, 3.8) is 0 Å². The van der Waals surface area contributed by atoms with E-state index in [9.17, 15) is 9.59 Å². The van der Waals surface area contributed by atoms with Gasteiger partial charge in [0.25, 0.3) is 0 Å². The molecule has 3 heterocycles. The lowest BCUT2D eigenvalue weighted by Gasteiger charge is -2.37. The molecule has 1 aromatic carbocycles. The molecule has 3 unspecified atom stereocenters. The highest BCUT2D eigenvalue weighted by Gasteiger charge is 2.42. The summed E-state index contributed by atoms with van der Waals surface area (Å²) in [6.45, 7) is 9.21. The summed E-state index contributed by atoms with van der Waals surface area (Å²) in [5.41, 5.74) is 8.00. The Bertz CT molecular complexity index is 737. The van der Waals surface area contributed by atoms with E-state index in [1.165, 1.54) is 5.56 Å². The zero-order chi connectivity index (χ0) is 20.6. The van der Waals surface area contributed by atoms with Crippen LogP contribution in [-0.4, -0.2) is 59.4 Å². The van der Waals surface area contributed by atoms with Crippen LogP contribution in [0, 0.1) is 11.8 Å². The summed E-state index contributed by atoms with van der Waals surface area (Å²) in [5.74, 6) is 1.12. The minimum atomic E-state index is -0.216. The zero-order valence-corrected chi connectivity index (χ0v) is 17.9. The molecule has 3 aliphatic heterocycles. The molecule has 3 saturated heterocycles. The van der Waals surface area contributed by atoms with Crippen LogP contribution in [0.25, 0.3) is 0 Å². The molecule has 0 bridgehead atoms. The van der Waals surface area contributed by atoms with Crippen molar-refractivity contribution in [3.8, 4) is 0 Å². The molecule has 3 atom stereocenters. The van der Waals surface area contributed by atoms with Crippen LogP contribution in [0.5, 0.6) is 0 Å². The number of benzene rings is 1. The number of nitrogens with one attached hydrogen (secondary N) is 2. The van der Waals surface area contributed by atoms with Crippen LogP contribution >= 0.6 is 0 Å². The lowest BCUT2D eigenvalue weighted by atomic mass is 9.80. The Hall–Kier alpha value is -1.92. The van der Waals surface area contributed by atoms with Gasteiger partial charge in [-0.15, -0.1) is 0 Å². The lowest BCUT2D eigenvalue weighted by Crippen LogP contribution is -2.48. The third kappa shape index (κ3) is 4.19. The number of hydrogen-bond acceptors (Lipinski definition) is 4. The fourth-order valence-corrected chi connectivity index (χ4v) is 5.24. The number of carbonyl (C=O) groups excluding carboxylic acids is 2. The number of likely N-dealkylation sites (tertiary alicyclic amines) is 2. The Morgan fingerprint density at radius 3 is 2.41 bits per heavy atom. The first-order chi connectivity index (χ1) is 13.8. The summed E-state index contributed by atoms with van der Waals surface area (Å²) in [6.07, 6.45) is 2.39. The smallest absolute Gasteiger partial charge is 0.227 e. The van der Waals surface area contributed by atoms with Crippen LogP contribution in [0.1, 0.15) is 51.5 Å². The van der Waals surface area contributed by atoms with Crippen molar-refractivity contribution in [2.45, 2.75) is 57.5 Å². The van der Waals surface area contributed by atoms with E-state index in [4.69, 9.17) is 0 Å². The van der Waals surface area contributed by atoms with Gasteiger partial charge in [0.05, 0.1) is 5.92 Å². The van der Waals surface area contributed by atoms with E-state index in [1.54, 1.807) is 0 Å². The molecule has 3 aliphatic rings. The molecule has 2 amide bonds. The molecule has 29 heavy (non-hydrogen) atoms. The maximum Gasteiger partial charge on any atom is 0.227 e. The number of amides is 2. The van der Waals surface area contributed by atoms with Gasteiger partial charge in [-0.05, 0) is 45.1 Å². The van der Waals surface area contributed by atoms with Gasteiger partial charge in [0.2, 0.25) is 11.8 Å². The Morgan fingerprint density at radius 2 is 1.79 bits per heavy atom. The SMILES string of the molecule is CC(C)(C)N1CC(C(=O)N2CCC(C3NNCC3c3ccccc3)CC2)CC1=O. The second kappa shape index (κ2) is 8.07. The van der Waals surface area contributed by atoms with Gasteiger partial charge in [0.15, 0.2) is 0 Å². The first-order valence-corrected chi connectivity index (χ1v) is 11.0. The van der Waals surface area contributed by atoms with Crippen LogP contribution in [-0.2, 0) is 9.59 Å². The van der Waals surface area contributed by atoms with Crippen molar-refractivity contribution in [3.05, 3.63) is 35.9 Å². The number of rotatable bonds is 3. The standard InChI is InChI=1S/C23H34N4O2/c1-23(2,3)27-15-18(13-20(27)28)22(29)26-11-9-17(10-12-26)21-19(14-24-25-21)16-7-5-4-6-8-16/h4-8,17-19,21,24-25H,9-15H2,1-3H3. The van der Waals surface area contributed by atoms with Gasteiger partial charge in [0, 0.05) is 50.1 Å². The molecule has 6 heteroatoms. The van der Waals surface area contributed by atoms with Crippen LogP contribution in [0.3, 0.4) is 0 Å². The van der Waals surface area contributed by atoms with E-state index in [-0.39, 0.29) is 23.3 Å². The Balaban J connectivity index is 1.34. The van der Waals surface area contributed by atoms with Crippen molar-refractivity contribution < 1.29 is 9.59 Å². The predicted molar refractivity (Wildman–Crippen MR) is 113 cm³/mol. The van der Waals surface area contributed by atoms with Gasteiger partial charge in [-0.3, -0.25) is 20.4 Å². The van der Waals surface area contributed by atoms with Gasteiger partial charge in [0.1, 0.15) is 0 Å². The minimum Gasteiger partial charge on any atom is -0.342 e. The molecule has 158 valence electrons. The van der Waals surface area contributed by atoms with Crippen LogP contribution in [0.4, 0.5) is 0 Å². The van der Waals surface area contributed by atoms with Crippen LogP contribution in [0.15, 0.2) is 30.3 Å². The van der Waals surface area contributed by atoms with Gasteiger partial charge in [-0.1, -0.05) is 30.3 Å². The van der Waals surface area contributed by atoms with E-state index in [2.05, 4.69) is 41.2 Å². The summed E-state index contributed by atoms with van der Waals surface area (Å²) >= 11 is 0. The number of carbonyl (C=O) groups is 2. The minimum absolute atomic E-state index is 0.109. The summed E-state index contributed by atoms with van der Waals surface area (Å²) in [4.78, 5) is 29.3. The average Bonchev–Trinajstić information content (AvgIpc) is 3.35. The van der Waals surface area contributed by atoms with Gasteiger partial charge in [-0.25, -0.2) is 0 Å². The van der Waals surface area contributed by atoms with E-state index in [0.29, 0.717) is 30.8 Å². The normalized spacial score (nSPS) is 28.9. The highest BCUT2D eigenvalue weighted by molar-refractivity contribution is 5.89. The topological polar surface area (TPSA) is 64.7 Å². The molecule has 1 aromatic rings. The van der Waals surface area contributed by atoms with E-state index in [0.717, 1.165) is 32.5 Å². The van der Waals surface area contributed by atoms with E-state index in [1.807, 2.05) is 30.6 Å². The summed E-state index contributed by atoms with van der Waals surface area (Å²) in [6, 6.07) is 11.1. The number of hydrogen-bond donors (Lipinski definition) is 2. The van der Waals surface area contributed by atoms with Crippen LogP contribution in [0.2, 0.25) is 0 Å². The molecular weight excluding hydrogens is 364 g/mol. The molecule has 0 aliphatic carbocycles. The van der Waals surface area contributed by atoms with Gasteiger partial charge >= 0.3 is 0 Å². The molecule has 0 radical (unpaired) electrons. The largest absolute Gasteiger partial charge is 0.342 e. The quantitative estimate of drug-likeness (QED) is 0.819. The summed E-state index contributed by atoms with van der Waals surface area (Å²) in [7, 11) is 0. The number of piperidine rings is 1. The molecule has 4 rings (SSSR count). The van der Waals surface area contributed by atoms with Crippen molar-refractivity contribution in [1.29, 1.82) is 0 Å².